The standard InChI is InChI=1S/C58H102O6/c1-4-7-10-13-16-19-22-25-27-28-29-30-31-34-36-39-42-45-48-51-57(60)63-54-55(53-62-56(59)50-47-44-41-38-35-32-24-21-18-15-12-9-6-3)64-58(61)52-49-46-43-40-37-33-26-23-20-17-14-11-8-5-2/h16,19,22,25,32-33,35,37,41,44,55H,4-15,17-18,20-21,23-24,26-31,34,36,38-40,42-43,45-54H2,1-3H3/b19-16+,25-22+,35-32+,37-33+,44-41+. The lowest BCUT2D eigenvalue weighted by Gasteiger charge is -2.18. The normalized spacial score (nSPS) is 12.5. The predicted molar refractivity (Wildman–Crippen MR) is 275 cm³/mol. The van der Waals surface area contributed by atoms with E-state index in [1.807, 2.05) is 6.08 Å². The molecule has 0 saturated carbocycles. The first kappa shape index (κ1) is 61.1. The van der Waals surface area contributed by atoms with Crippen molar-refractivity contribution in [3.8, 4) is 0 Å². The van der Waals surface area contributed by atoms with E-state index in [1.165, 1.54) is 161 Å². The number of rotatable bonds is 49. The first-order chi connectivity index (χ1) is 31.5. The van der Waals surface area contributed by atoms with Crippen LogP contribution in [-0.2, 0) is 28.6 Å². The van der Waals surface area contributed by atoms with Gasteiger partial charge in [-0.1, -0.05) is 223 Å². The second-order valence-electron chi connectivity index (χ2n) is 18.2. The summed E-state index contributed by atoms with van der Waals surface area (Å²) in [5, 5.41) is 0. The van der Waals surface area contributed by atoms with Crippen molar-refractivity contribution in [1.29, 1.82) is 0 Å². The SMILES string of the molecule is CCCCC/C=C/C=C/CCCCCCCCCCCCC(=O)OCC(COC(=O)CC/C=C/C/C=C/CCCCCCCC)OC(=O)CCCCC/C=C/CCCCCCCCC. The third-order valence-corrected chi connectivity index (χ3v) is 11.8. The minimum atomic E-state index is -0.805. The van der Waals surface area contributed by atoms with E-state index in [4.69, 9.17) is 14.2 Å². The molecule has 0 aliphatic rings. The molecule has 0 saturated heterocycles. The van der Waals surface area contributed by atoms with Crippen LogP contribution in [-0.4, -0.2) is 37.2 Å². The molecule has 0 heterocycles. The monoisotopic (exact) mass is 895 g/mol. The molecule has 0 rings (SSSR count). The van der Waals surface area contributed by atoms with Gasteiger partial charge >= 0.3 is 17.9 Å². The minimum absolute atomic E-state index is 0.0984. The summed E-state index contributed by atoms with van der Waals surface area (Å²) in [7, 11) is 0. The predicted octanol–water partition coefficient (Wildman–Crippen LogP) is 18.0. The molecule has 64 heavy (non-hydrogen) atoms. The summed E-state index contributed by atoms with van der Waals surface area (Å²) in [6, 6.07) is 0. The van der Waals surface area contributed by atoms with Gasteiger partial charge in [-0.15, -0.1) is 0 Å². The number of ether oxygens (including phenoxy) is 3. The second kappa shape index (κ2) is 52.7. The highest BCUT2D eigenvalue weighted by Crippen LogP contribution is 2.14. The van der Waals surface area contributed by atoms with Gasteiger partial charge in [-0.2, -0.15) is 0 Å². The third-order valence-electron chi connectivity index (χ3n) is 11.8. The van der Waals surface area contributed by atoms with Crippen LogP contribution in [0.2, 0.25) is 0 Å². The Bertz CT molecular complexity index is 1170. The molecule has 0 aromatic carbocycles. The van der Waals surface area contributed by atoms with Crippen LogP contribution < -0.4 is 0 Å². The van der Waals surface area contributed by atoms with Crippen LogP contribution in [0.3, 0.4) is 0 Å². The van der Waals surface area contributed by atoms with Crippen molar-refractivity contribution < 1.29 is 28.6 Å². The highest BCUT2D eigenvalue weighted by molar-refractivity contribution is 5.71. The molecular weight excluding hydrogens is 793 g/mol. The molecule has 0 aromatic heterocycles. The van der Waals surface area contributed by atoms with Crippen LogP contribution in [0.5, 0.6) is 0 Å². The Balaban J connectivity index is 4.41. The Morgan fingerprint density at radius 3 is 1.11 bits per heavy atom. The Hall–Kier alpha value is -2.89. The van der Waals surface area contributed by atoms with E-state index < -0.39 is 6.10 Å². The fraction of sp³-hybridized carbons (Fsp3) is 0.776. The van der Waals surface area contributed by atoms with Crippen LogP contribution in [0.1, 0.15) is 271 Å². The van der Waals surface area contributed by atoms with Gasteiger partial charge in [-0.3, -0.25) is 14.4 Å². The van der Waals surface area contributed by atoms with Crippen molar-refractivity contribution in [1.82, 2.24) is 0 Å². The lowest BCUT2D eigenvalue weighted by molar-refractivity contribution is -0.166. The maximum absolute atomic E-state index is 12.8. The summed E-state index contributed by atoms with van der Waals surface area (Å²) in [5.74, 6) is -0.982. The molecule has 6 nitrogen and oxygen atoms in total. The van der Waals surface area contributed by atoms with Crippen molar-refractivity contribution in [3.05, 3.63) is 60.8 Å². The number of carbonyl (C=O) groups is 3. The van der Waals surface area contributed by atoms with Gasteiger partial charge in [-0.05, 0) is 89.9 Å². The lowest BCUT2D eigenvalue weighted by Crippen LogP contribution is -2.30. The molecule has 1 atom stereocenters. The zero-order valence-corrected chi connectivity index (χ0v) is 42.3. The average Bonchev–Trinajstić information content (AvgIpc) is 3.29. The Morgan fingerprint density at radius 2 is 0.641 bits per heavy atom. The van der Waals surface area contributed by atoms with E-state index in [0.29, 0.717) is 19.3 Å². The number of hydrogen-bond donors (Lipinski definition) is 0. The molecule has 0 aromatic rings. The van der Waals surface area contributed by atoms with Crippen LogP contribution in [0.4, 0.5) is 0 Å². The molecular formula is C58H102O6. The molecule has 0 aliphatic heterocycles. The largest absolute Gasteiger partial charge is 0.462 e. The van der Waals surface area contributed by atoms with Crippen LogP contribution in [0.25, 0.3) is 0 Å². The second-order valence-corrected chi connectivity index (χ2v) is 18.2. The van der Waals surface area contributed by atoms with E-state index in [9.17, 15) is 14.4 Å². The summed E-state index contributed by atoms with van der Waals surface area (Å²) in [6.45, 7) is 6.54. The maximum atomic E-state index is 12.8. The summed E-state index contributed by atoms with van der Waals surface area (Å²) in [6.07, 6.45) is 65.0. The quantitative estimate of drug-likeness (QED) is 0.0199. The molecule has 370 valence electrons. The van der Waals surface area contributed by atoms with Gasteiger partial charge in [0.25, 0.3) is 0 Å². The van der Waals surface area contributed by atoms with Crippen molar-refractivity contribution in [2.45, 2.75) is 277 Å². The van der Waals surface area contributed by atoms with E-state index in [2.05, 4.69) is 75.5 Å². The van der Waals surface area contributed by atoms with Crippen molar-refractivity contribution >= 4 is 17.9 Å². The summed E-state index contributed by atoms with van der Waals surface area (Å²) >= 11 is 0. The minimum Gasteiger partial charge on any atom is -0.462 e. The van der Waals surface area contributed by atoms with Crippen LogP contribution in [0, 0.1) is 0 Å². The van der Waals surface area contributed by atoms with Gasteiger partial charge < -0.3 is 14.2 Å². The first-order valence-electron chi connectivity index (χ1n) is 27.3. The Kier molecular flexibility index (Phi) is 50.4. The summed E-state index contributed by atoms with van der Waals surface area (Å²) in [4.78, 5) is 38.0. The zero-order chi connectivity index (χ0) is 46.5. The molecule has 0 bridgehead atoms. The molecule has 0 radical (unpaired) electrons. The molecule has 0 amide bonds. The molecule has 0 fully saturated rings. The first-order valence-corrected chi connectivity index (χ1v) is 27.3. The highest BCUT2D eigenvalue weighted by Gasteiger charge is 2.19. The van der Waals surface area contributed by atoms with Crippen molar-refractivity contribution in [3.63, 3.8) is 0 Å². The maximum Gasteiger partial charge on any atom is 0.306 e. The van der Waals surface area contributed by atoms with Gasteiger partial charge in [0, 0.05) is 19.3 Å². The topological polar surface area (TPSA) is 78.9 Å². The van der Waals surface area contributed by atoms with E-state index >= 15 is 0 Å². The number of allylic oxidation sites excluding steroid dienone is 10. The lowest BCUT2D eigenvalue weighted by atomic mass is 10.1. The molecule has 6 heteroatoms. The Labute approximate surface area is 396 Å². The van der Waals surface area contributed by atoms with E-state index in [0.717, 1.165) is 64.2 Å². The molecule has 0 aliphatic carbocycles. The van der Waals surface area contributed by atoms with E-state index in [-0.39, 0.29) is 37.5 Å². The number of carbonyl (C=O) groups excluding carboxylic acids is 3. The summed E-state index contributed by atoms with van der Waals surface area (Å²) in [5.41, 5.74) is 0. The fourth-order valence-corrected chi connectivity index (χ4v) is 7.60. The van der Waals surface area contributed by atoms with Gasteiger partial charge in [0.1, 0.15) is 13.2 Å². The zero-order valence-electron chi connectivity index (χ0n) is 42.3. The molecule has 0 spiro atoms. The van der Waals surface area contributed by atoms with Gasteiger partial charge in [0.2, 0.25) is 0 Å². The van der Waals surface area contributed by atoms with Gasteiger partial charge in [-0.25, -0.2) is 0 Å². The van der Waals surface area contributed by atoms with Gasteiger partial charge in [0.15, 0.2) is 6.10 Å². The fourth-order valence-electron chi connectivity index (χ4n) is 7.60. The van der Waals surface area contributed by atoms with Crippen LogP contribution >= 0.6 is 0 Å². The van der Waals surface area contributed by atoms with Crippen molar-refractivity contribution in [2.75, 3.05) is 13.2 Å². The molecule has 0 N–H and O–H groups in total. The van der Waals surface area contributed by atoms with Crippen molar-refractivity contribution in [2.24, 2.45) is 0 Å². The Morgan fingerprint density at radius 1 is 0.328 bits per heavy atom. The third kappa shape index (κ3) is 50.1. The van der Waals surface area contributed by atoms with Gasteiger partial charge in [0.05, 0.1) is 0 Å². The summed E-state index contributed by atoms with van der Waals surface area (Å²) < 4.78 is 16.7. The average molecular weight is 895 g/mol. The highest BCUT2D eigenvalue weighted by atomic mass is 16.6. The number of esters is 3. The van der Waals surface area contributed by atoms with Crippen LogP contribution in [0.15, 0.2) is 60.8 Å². The van der Waals surface area contributed by atoms with E-state index in [1.54, 1.807) is 0 Å². The number of unbranched alkanes of at least 4 members (excludes halogenated alkanes) is 29. The smallest absolute Gasteiger partial charge is 0.306 e. The number of hydrogen-bond acceptors (Lipinski definition) is 6. The molecule has 1 unspecified atom stereocenters.